The minimum atomic E-state index is -0.555. The first kappa shape index (κ1) is 21.6. The van der Waals surface area contributed by atoms with Crippen molar-refractivity contribution in [3.63, 3.8) is 0 Å². The molecule has 0 spiro atoms. The van der Waals surface area contributed by atoms with Crippen LogP contribution < -0.4 is 10.5 Å². The summed E-state index contributed by atoms with van der Waals surface area (Å²) in [6, 6.07) is 7.01. The Balaban J connectivity index is 2.02. The Hall–Kier alpha value is -3.08. The van der Waals surface area contributed by atoms with Crippen molar-refractivity contribution in [1.82, 2.24) is 14.5 Å². The largest absolute Gasteiger partial charge is 0.444 e. The van der Waals surface area contributed by atoms with E-state index in [1.54, 1.807) is 30.1 Å². The molecule has 2 aromatic rings. The molecule has 0 aliphatic carbocycles. The number of aryl methyl sites for hydroxylation is 1. The summed E-state index contributed by atoms with van der Waals surface area (Å²) in [6.07, 6.45) is -0.327. The van der Waals surface area contributed by atoms with Crippen molar-refractivity contribution in [3.05, 3.63) is 34.2 Å². The van der Waals surface area contributed by atoms with E-state index >= 15 is 0 Å². The Labute approximate surface area is 176 Å². The SMILES string of the molecule is CC(C)[C@@H]1CN(C(=O)OC(C)(C)C)CCN1c1cc(=O)n(C)c2ccc(C#N)nc12. The maximum Gasteiger partial charge on any atom is 0.410 e. The molecule has 1 aliphatic heterocycles. The lowest BCUT2D eigenvalue weighted by molar-refractivity contribution is 0.0202. The molecule has 0 aromatic carbocycles. The Morgan fingerprint density at radius 1 is 1.30 bits per heavy atom. The molecule has 8 heteroatoms. The van der Waals surface area contributed by atoms with Crippen LogP contribution in [0, 0.1) is 17.2 Å². The quantitative estimate of drug-likeness (QED) is 0.755. The molecule has 1 aliphatic rings. The molecule has 0 N–H and O–H groups in total. The highest BCUT2D eigenvalue weighted by atomic mass is 16.6. The van der Waals surface area contributed by atoms with E-state index in [1.807, 2.05) is 20.8 Å². The van der Waals surface area contributed by atoms with Crippen LogP contribution in [-0.2, 0) is 11.8 Å². The normalized spacial score (nSPS) is 17.3. The predicted octanol–water partition coefficient (Wildman–Crippen LogP) is 2.89. The number of aromatic nitrogens is 2. The summed E-state index contributed by atoms with van der Waals surface area (Å²) in [5.74, 6) is 0.216. The highest BCUT2D eigenvalue weighted by Crippen LogP contribution is 2.30. The molecule has 1 saturated heterocycles. The number of nitriles is 1. The van der Waals surface area contributed by atoms with Gasteiger partial charge in [0.2, 0.25) is 0 Å². The molecular formula is C22H29N5O3. The minimum Gasteiger partial charge on any atom is -0.444 e. The molecule has 1 amide bonds. The van der Waals surface area contributed by atoms with Crippen molar-refractivity contribution in [2.75, 3.05) is 24.5 Å². The van der Waals surface area contributed by atoms with E-state index in [9.17, 15) is 14.9 Å². The Morgan fingerprint density at radius 2 is 2.00 bits per heavy atom. The first-order valence-corrected chi connectivity index (χ1v) is 10.2. The van der Waals surface area contributed by atoms with E-state index < -0.39 is 5.60 Å². The van der Waals surface area contributed by atoms with Crippen molar-refractivity contribution in [2.24, 2.45) is 13.0 Å². The van der Waals surface area contributed by atoms with Crippen LogP contribution in [-0.4, -0.2) is 51.8 Å². The van der Waals surface area contributed by atoms with E-state index in [0.717, 1.165) is 0 Å². The van der Waals surface area contributed by atoms with Gasteiger partial charge in [0.05, 0.1) is 11.2 Å². The lowest BCUT2D eigenvalue weighted by Crippen LogP contribution is -2.57. The number of hydrogen-bond donors (Lipinski definition) is 0. The number of anilines is 1. The summed E-state index contributed by atoms with van der Waals surface area (Å²) in [5, 5.41) is 9.30. The van der Waals surface area contributed by atoms with Gasteiger partial charge in [-0.25, -0.2) is 9.78 Å². The van der Waals surface area contributed by atoms with Crippen LogP contribution in [0.15, 0.2) is 23.0 Å². The van der Waals surface area contributed by atoms with Crippen molar-refractivity contribution in [3.8, 4) is 6.07 Å². The number of fused-ring (bicyclic) bond motifs is 1. The van der Waals surface area contributed by atoms with Crippen LogP contribution in [0.5, 0.6) is 0 Å². The Kier molecular flexibility index (Phi) is 5.75. The molecule has 2 aromatic heterocycles. The average Bonchev–Trinajstić information content (AvgIpc) is 2.68. The van der Waals surface area contributed by atoms with Crippen LogP contribution in [0.4, 0.5) is 10.5 Å². The molecule has 160 valence electrons. The molecule has 1 fully saturated rings. The van der Waals surface area contributed by atoms with Gasteiger partial charge in [0.15, 0.2) is 0 Å². The van der Waals surface area contributed by atoms with Gasteiger partial charge in [-0.1, -0.05) is 13.8 Å². The molecule has 0 saturated carbocycles. The van der Waals surface area contributed by atoms with Crippen molar-refractivity contribution >= 4 is 22.8 Å². The number of ether oxygens (including phenoxy) is 1. The van der Waals surface area contributed by atoms with Crippen molar-refractivity contribution in [2.45, 2.75) is 46.3 Å². The number of carbonyl (C=O) groups is 1. The molecule has 3 heterocycles. The van der Waals surface area contributed by atoms with Crippen LogP contribution in [0.25, 0.3) is 11.0 Å². The second kappa shape index (κ2) is 7.98. The van der Waals surface area contributed by atoms with Gasteiger partial charge in [-0.2, -0.15) is 5.26 Å². The summed E-state index contributed by atoms with van der Waals surface area (Å²) in [6.45, 7) is 11.3. The first-order chi connectivity index (χ1) is 14.0. The lowest BCUT2D eigenvalue weighted by atomic mass is 9.98. The zero-order valence-electron chi connectivity index (χ0n) is 18.5. The van der Waals surface area contributed by atoms with Gasteiger partial charge in [-0.05, 0) is 38.8 Å². The molecule has 0 radical (unpaired) electrons. The number of carbonyl (C=O) groups excluding carboxylic acids is 1. The number of rotatable bonds is 2. The third-order valence-electron chi connectivity index (χ3n) is 5.33. The van der Waals surface area contributed by atoms with E-state index in [-0.39, 0.29) is 23.6 Å². The fourth-order valence-electron chi connectivity index (χ4n) is 3.77. The molecule has 1 atom stereocenters. The molecular weight excluding hydrogens is 382 g/mol. The first-order valence-electron chi connectivity index (χ1n) is 10.2. The van der Waals surface area contributed by atoms with E-state index in [0.29, 0.717) is 42.0 Å². The number of pyridine rings is 2. The zero-order valence-corrected chi connectivity index (χ0v) is 18.5. The van der Waals surface area contributed by atoms with Gasteiger partial charge in [0, 0.05) is 38.8 Å². The topological polar surface area (TPSA) is 91.5 Å². The monoisotopic (exact) mass is 411 g/mol. The lowest BCUT2D eigenvalue weighted by Gasteiger charge is -2.44. The van der Waals surface area contributed by atoms with Gasteiger partial charge in [-0.3, -0.25) is 4.79 Å². The van der Waals surface area contributed by atoms with E-state index in [4.69, 9.17) is 4.74 Å². The fourth-order valence-corrected chi connectivity index (χ4v) is 3.77. The van der Waals surface area contributed by atoms with Crippen LogP contribution >= 0.6 is 0 Å². The van der Waals surface area contributed by atoms with E-state index in [1.165, 1.54) is 4.57 Å². The molecule has 0 bridgehead atoms. The third-order valence-corrected chi connectivity index (χ3v) is 5.33. The predicted molar refractivity (Wildman–Crippen MR) is 115 cm³/mol. The smallest absolute Gasteiger partial charge is 0.410 e. The maximum atomic E-state index is 12.6. The Morgan fingerprint density at radius 3 is 2.60 bits per heavy atom. The second-order valence-corrected chi connectivity index (χ2v) is 9.03. The second-order valence-electron chi connectivity index (χ2n) is 9.03. The Bertz CT molecular complexity index is 1060. The number of hydrogen-bond acceptors (Lipinski definition) is 6. The average molecular weight is 412 g/mol. The minimum absolute atomic E-state index is 0.0193. The van der Waals surface area contributed by atoms with E-state index in [2.05, 4.69) is 29.8 Å². The van der Waals surface area contributed by atoms with Crippen LogP contribution in [0.2, 0.25) is 0 Å². The van der Waals surface area contributed by atoms with Gasteiger partial charge in [0.25, 0.3) is 5.56 Å². The van der Waals surface area contributed by atoms with Gasteiger partial charge in [-0.15, -0.1) is 0 Å². The highest BCUT2D eigenvalue weighted by Gasteiger charge is 2.34. The number of amides is 1. The van der Waals surface area contributed by atoms with Gasteiger partial charge >= 0.3 is 6.09 Å². The summed E-state index contributed by atoms with van der Waals surface area (Å²) < 4.78 is 7.08. The fraction of sp³-hybridized carbons (Fsp3) is 0.545. The standard InChI is InChI=1S/C22H29N5O3/c1-14(2)18-13-26(21(29)30-22(3,4)5)9-10-27(18)17-11-19(28)25(6)16-8-7-15(12-23)24-20(16)17/h7-8,11,14,18H,9-10,13H2,1-6H3/t18-/m0/s1. The number of nitrogens with zero attached hydrogens (tertiary/aromatic N) is 5. The molecule has 8 nitrogen and oxygen atoms in total. The summed E-state index contributed by atoms with van der Waals surface area (Å²) >= 11 is 0. The highest BCUT2D eigenvalue weighted by molar-refractivity contribution is 5.89. The van der Waals surface area contributed by atoms with Gasteiger partial charge in [0.1, 0.15) is 22.9 Å². The maximum absolute atomic E-state index is 12.6. The van der Waals surface area contributed by atoms with Gasteiger partial charge < -0.3 is 19.1 Å². The number of piperazine rings is 1. The zero-order chi connectivity index (χ0) is 22.2. The summed E-state index contributed by atoms with van der Waals surface area (Å²) in [7, 11) is 1.70. The summed E-state index contributed by atoms with van der Waals surface area (Å²) in [5.41, 5.74) is 1.60. The summed E-state index contributed by atoms with van der Waals surface area (Å²) in [4.78, 5) is 33.6. The van der Waals surface area contributed by atoms with Crippen LogP contribution in [0.3, 0.4) is 0 Å². The molecule has 3 rings (SSSR count). The third kappa shape index (κ3) is 4.25. The molecule has 30 heavy (non-hydrogen) atoms. The molecule has 0 unspecified atom stereocenters. The van der Waals surface area contributed by atoms with Crippen molar-refractivity contribution < 1.29 is 9.53 Å². The van der Waals surface area contributed by atoms with Crippen molar-refractivity contribution in [1.29, 1.82) is 5.26 Å². The van der Waals surface area contributed by atoms with Crippen LogP contribution in [0.1, 0.15) is 40.3 Å².